The summed E-state index contributed by atoms with van der Waals surface area (Å²) < 4.78 is 0. The van der Waals surface area contributed by atoms with Gasteiger partial charge in [0.2, 0.25) is 0 Å². The van der Waals surface area contributed by atoms with Crippen LogP contribution in [0.4, 0.5) is 0 Å². The maximum absolute atomic E-state index is 10.8. The van der Waals surface area contributed by atoms with Gasteiger partial charge in [-0.3, -0.25) is 0 Å². The fourth-order valence-electron chi connectivity index (χ4n) is 3.16. The highest BCUT2D eigenvalue weighted by molar-refractivity contribution is 5.02. The highest BCUT2D eigenvalue weighted by Gasteiger charge is 2.53. The third-order valence-electron chi connectivity index (χ3n) is 4.22. The smallest absolute Gasteiger partial charge is 0.0853 e. The zero-order chi connectivity index (χ0) is 8.06. The second kappa shape index (κ2) is 2.22. The summed E-state index contributed by atoms with van der Waals surface area (Å²) in [4.78, 5) is 0. The van der Waals surface area contributed by atoms with Crippen LogP contribution in [0.1, 0.15) is 33.1 Å². The Bertz CT molecular complexity index is 160. The molecule has 3 rings (SSSR count). The van der Waals surface area contributed by atoms with Gasteiger partial charge in [-0.2, -0.15) is 0 Å². The molecule has 1 heteroatoms. The first-order valence-electron chi connectivity index (χ1n) is 4.74. The first-order chi connectivity index (χ1) is 5.16. The van der Waals surface area contributed by atoms with Crippen LogP contribution in [0.3, 0.4) is 0 Å². The summed E-state index contributed by atoms with van der Waals surface area (Å²) in [6.07, 6.45) is 3.87. The fraction of sp³-hybridized carbons (Fsp3) is 1.00. The molecule has 3 atom stereocenters. The molecule has 0 aromatic heterocycles. The molecule has 0 spiro atoms. The van der Waals surface area contributed by atoms with Crippen LogP contribution in [0.25, 0.3) is 0 Å². The lowest BCUT2D eigenvalue weighted by molar-refractivity contribution is -0.123. The van der Waals surface area contributed by atoms with Gasteiger partial charge in [-0.1, -0.05) is 13.8 Å². The Morgan fingerprint density at radius 1 is 1.36 bits per heavy atom. The van der Waals surface area contributed by atoms with Crippen molar-refractivity contribution in [2.75, 3.05) is 6.61 Å². The van der Waals surface area contributed by atoms with Crippen molar-refractivity contribution in [1.82, 2.24) is 0 Å². The molecule has 0 aromatic carbocycles. The normalized spacial score (nSPS) is 46.6. The molecule has 3 aliphatic rings. The zero-order valence-electron chi connectivity index (χ0n) is 7.47. The van der Waals surface area contributed by atoms with Gasteiger partial charge in [0.05, 0.1) is 6.61 Å². The average Bonchev–Trinajstić information content (AvgIpc) is 2.04. The van der Waals surface area contributed by atoms with Crippen molar-refractivity contribution in [3.8, 4) is 0 Å². The van der Waals surface area contributed by atoms with Crippen molar-refractivity contribution < 1.29 is 5.11 Å². The lowest BCUT2D eigenvalue weighted by atomic mass is 9.46. The average molecular weight is 153 g/mol. The van der Waals surface area contributed by atoms with E-state index in [2.05, 4.69) is 13.8 Å². The maximum Gasteiger partial charge on any atom is 0.0853 e. The number of fused-ring (bicyclic) bond motifs is 2. The molecule has 1 nitrogen and oxygen atoms in total. The minimum atomic E-state index is 0.167. The molecule has 3 unspecified atom stereocenters. The van der Waals surface area contributed by atoms with Crippen LogP contribution in [0.5, 0.6) is 0 Å². The second-order valence-corrected chi connectivity index (χ2v) is 4.86. The van der Waals surface area contributed by atoms with Crippen LogP contribution >= 0.6 is 0 Å². The summed E-state index contributed by atoms with van der Waals surface area (Å²) in [5.74, 6) is 2.21. The van der Waals surface area contributed by atoms with E-state index in [0.29, 0.717) is 11.3 Å². The van der Waals surface area contributed by atoms with E-state index in [0.717, 1.165) is 11.8 Å². The Kier molecular flexibility index (Phi) is 1.54. The number of hydrogen-bond acceptors (Lipinski definition) is 0. The van der Waals surface area contributed by atoms with E-state index < -0.39 is 0 Å². The summed E-state index contributed by atoms with van der Waals surface area (Å²) in [5, 5.41) is 10.8. The molecule has 11 heavy (non-hydrogen) atoms. The number of rotatable bonds is 1. The minimum Gasteiger partial charge on any atom is -0.236 e. The summed E-state index contributed by atoms with van der Waals surface area (Å²) in [7, 11) is 0. The van der Waals surface area contributed by atoms with E-state index in [1.54, 1.807) is 0 Å². The summed E-state index contributed by atoms with van der Waals surface area (Å²) >= 11 is 0. The predicted molar refractivity (Wildman–Crippen MR) is 43.7 cm³/mol. The van der Waals surface area contributed by atoms with E-state index in [4.69, 9.17) is 0 Å². The molecular formula is C10H17O. The van der Waals surface area contributed by atoms with Crippen LogP contribution in [0.15, 0.2) is 0 Å². The lowest BCUT2D eigenvalue weighted by Crippen LogP contribution is -2.53. The molecule has 0 heterocycles. The van der Waals surface area contributed by atoms with Crippen LogP contribution in [0.2, 0.25) is 0 Å². The van der Waals surface area contributed by atoms with Crippen molar-refractivity contribution in [1.29, 1.82) is 0 Å². The van der Waals surface area contributed by atoms with E-state index in [-0.39, 0.29) is 6.61 Å². The van der Waals surface area contributed by atoms with Gasteiger partial charge in [0.15, 0.2) is 0 Å². The zero-order valence-corrected chi connectivity index (χ0v) is 7.47. The van der Waals surface area contributed by atoms with Gasteiger partial charge in [0.1, 0.15) is 0 Å². The largest absolute Gasteiger partial charge is 0.236 e. The lowest BCUT2D eigenvalue weighted by Gasteiger charge is -2.59. The molecular weight excluding hydrogens is 136 g/mol. The van der Waals surface area contributed by atoms with Crippen LogP contribution < -0.4 is 0 Å². The number of hydrogen-bond donors (Lipinski definition) is 0. The molecule has 1 radical (unpaired) electrons. The van der Waals surface area contributed by atoms with Gasteiger partial charge in [0, 0.05) is 0 Å². The first kappa shape index (κ1) is 7.60. The molecule has 0 aromatic rings. The quantitative estimate of drug-likeness (QED) is 0.551. The third-order valence-corrected chi connectivity index (χ3v) is 4.22. The standard InChI is InChI=1S/C10H17O/c1-10(2)8-4-3-7(6-11)9(10)5-8/h7-9H,3-6H2,1-2H3. The van der Waals surface area contributed by atoms with Gasteiger partial charge >= 0.3 is 0 Å². The molecule has 0 aliphatic heterocycles. The van der Waals surface area contributed by atoms with Gasteiger partial charge in [0.25, 0.3) is 0 Å². The maximum atomic E-state index is 10.8. The fourth-order valence-corrected chi connectivity index (χ4v) is 3.16. The van der Waals surface area contributed by atoms with Gasteiger partial charge in [-0.05, 0) is 42.4 Å². The monoisotopic (exact) mass is 153 g/mol. The van der Waals surface area contributed by atoms with Crippen molar-refractivity contribution >= 4 is 0 Å². The molecule has 3 saturated carbocycles. The van der Waals surface area contributed by atoms with Crippen molar-refractivity contribution in [3.05, 3.63) is 0 Å². The Morgan fingerprint density at radius 2 is 2.09 bits per heavy atom. The second-order valence-electron chi connectivity index (χ2n) is 4.86. The van der Waals surface area contributed by atoms with Crippen LogP contribution in [0, 0.1) is 23.2 Å². The van der Waals surface area contributed by atoms with E-state index in [1.165, 1.54) is 19.3 Å². The Balaban J connectivity index is 2.10. The molecule has 3 aliphatic carbocycles. The van der Waals surface area contributed by atoms with Crippen molar-refractivity contribution in [2.45, 2.75) is 33.1 Å². The van der Waals surface area contributed by atoms with Crippen LogP contribution in [-0.4, -0.2) is 6.61 Å². The SMILES string of the molecule is CC1(C)C2CCC(C[O])C1C2. The highest BCUT2D eigenvalue weighted by atomic mass is 16.3. The molecule has 63 valence electrons. The third kappa shape index (κ3) is 0.868. The van der Waals surface area contributed by atoms with Gasteiger partial charge < -0.3 is 0 Å². The summed E-state index contributed by atoms with van der Waals surface area (Å²) in [6, 6.07) is 0. The molecule has 0 amide bonds. The van der Waals surface area contributed by atoms with Gasteiger partial charge in [-0.15, -0.1) is 0 Å². The van der Waals surface area contributed by atoms with E-state index >= 15 is 0 Å². The van der Waals surface area contributed by atoms with Gasteiger partial charge in [-0.25, -0.2) is 5.11 Å². The molecule has 0 saturated heterocycles. The predicted octanol–water partition coefficient (Wildman–Crippen LogP) is 2.49. The molecule has 0 N–H and O–H groups in total. The molecule has 2 bridgehead atoms. The first-order valence-corrected chi connectivity index (χ1v) is 4.74. The Labute approximate surface area is 68.8 Å². The van der Waals surface area contributed by atoms with Crippen LogP contribution in [-0.2, 0) is 5.11 Å². The van der Waals surface area contributed by atoms with E-state index in [1.807, 2.05) is 0 Å². The Morgan fingerprint density at radius 3 is 2.45 bits per heavy atom. The van der Waals surface area contributed by atoms with Crippen molar-refractivity contribution in [2.24, 2.45) is 23.2 Å². The minimum absolute atomic E-state index is 0.167. The summed E-state index contributed by atoms with van der Waals surface area (Å²) in [5.41, 5.74) is 0.507. The van der Waals surface area contributed by atoms with Crippen molar-refractivity contribution in [3.63, 3.8) is 0 Å². The topological polar surface area (TPSA) is 19.9 Å². The van der Waals surface area contributed by atoms with E-state index in [9.17, 15) is 5.11 Å². The highest BCUT2D eigenvalue weighted by Crippen LogP contribution is 2.61. The molecule has 3 fully saturated rings. The summed E-state index contributed by atoms with van der Waals surface area (Å²) in [6.45, 7) is 4.85. The Hall–Kier alpha value is -0.0400.